The van der Waals surface area contributed by atoms with Crippen molar-refractivity contribution in [2.24, 2.45) is 5.92 Å². The highest BCUT2D eigenvalue weighted by Crippen LogP contribution is 2.46. The van der Waals surface area contributed by atoms with E-state index in [1.165, 1.54) is 22.4 Å². The minimum atomic E-state index is -1.13. The third-order valence-electron chi connectivity index (χ3n) is 11.2. The number of carbonyl (C=O) groups is 5. The Kier molecular flexibility index (Phi) is 10.8. The van der Waals surface area contributed by atoms with Gasteiger partial charge in [-0.1, -0.05) is 63.1 Å². The van der Waals surface area contributed by atoms with Gasteiger partial charge >= 0.3 is 12.2 Å². The van der Waals surface area contributed by atoms with Gasteiger partial charge in [-0.2, -0.15) is 0 Å². The van der Waals surface area contributed by atoms with Crippen molar-refractivity contribution < 1.29 is 38.2 Å². The second-order valence-corrected chi connectivity index (χ2v) is 16.9. The minimum absolute atomic E-state index is 0.0275. The van der Waals surface area contributed by atoms with Crippen molar-refractivity contribution in [1.82, 2.24) is 25.2 Å². The highest BCUT2D eigenvalue weighted by Gasteiger charge is 2.61. The lowest BCUT2D eigenvalue weighted by molar-refractivity contribution is -0.141. The van der Waals surface area contributed by atoms with Crippen molar-refractivity contribution in [2.75, 3.05) is 26.3 Å². The number of hydrogen-bond donors (Lipinski definition) is 3. The van der Waals surface area contributed by atoms with E-state index in [-0.39, 0.29) is 30.2 Å². The molecule has 5 amide bonds. The van der Waals surface area contributed by atoms with Crippen LogP contribution in [0.4, 0.5) is 9.59 Å². The van der Waals surface area contributed by atoms with Gasteiger partial charge in [0.2, 0.25) is 11.8 Å². The van der Waals surface area contributed by atoms with Crippen LogP contribution in [0.2, 0.25) is 0 Å². The number of rotatable bonds is 6. The molecule has 0 radical (unpaired) electrons. The van der Waals surface area contributed by atoms with E-state index in [1.807, 2.05) is 24.3 Å². The summed E-state index contributed by atoms with van der Waals surface area (Å²) in [6.45, 7) is 5.80. The summed E-state index contributed by atoms with van der Waals surface area (Å²) in [5.74, 6) is -1.35. The molecule has 4 fully saturated rings. The van der Waals surface area contributed by atoms with Gasteiger partial charge in [0.1, 0.15) is 29.8 Å². The van der Waals surface area contributed by atoms with Gasteiger partial charge in [-0.3, -0.25) is 19.1 Å². The van der Waals surface area contributed by atoms with Crippen molar-refractivity contribution in [2.45, 2.75) is 125 Å². The molecule has 2 aliphatic carbocycles. The number of ether oxygens (including phenoxy) is 3. The number of nitrogens with one attached hydrogen (secondary N) is 3. The van der Waals surface area contributed by atoms with Crippen LogP contribution >= 0.6 is 11.9 Å². The van der Waals surface area contributed by atoms with E-state index < -0.39 is 53.8 Å². The maximum absolute atomic E-state index is 14.4. The quantitative estimate of drug-likeness (QED) is 0.289. The Morgan fingerprint density at radius 3 is 2.63 bits per heavy atom. The van der Waals surface area contributed by atoms with Crippen LogP contribution < -0.4 is 15.4 Å². The molecule has 2 saturated carbocycles. The molecule has 1 aromatic rings. The summed E-state index contributed by atoms with van der Waals surface area (Å²) in [6.07, 6.45) is 8.40. The van der Waals surface area contributed by atoms with E-state index in [4.69, 9.17) is 14.2 Å². The maximum Gasteiger partial charge on any atom is 0.410 e. The van der Waals surface area contributed by atoms with Crippen LogP contribution in [-0.2, 0) is 40.6 Å². The standard InChI is InChI=1S/C38H51N5O8S/c1-37(2)23-42(20-24-10-8-9-12-29(24)37)36(48)51-27-18-31-32(44)40-38(34(46)41-52-28-14-15-28)19-25(38)11-6-4-3-5-7-13-30(33(45)43(31)21-27)39-35(47)50-26-16-17-49-22-26/h6,8-12,25-28,30-31H,3-5,7,13-23H2,1-2H3,(H,39,47)(H,40,44)(H,41,46)/b11-6-/t25-,26+,27-,30+,31+,38-/m1/s1. The number of benzene rings is 1. The maximum atomic E-state index is 14.4. The van der Waals surface area contributed by atoms with Crippen LogP contribution in [0.15, 0.2) is 36.4 Å². The molecule has 6 aliphatic rings. The second kappa shape index (κ2) is 15.3. The van der Waals surface area contributed by atoms with Crippen LogP contribution in [0.3, 0.4) is 0 Å². The highest BCUT2D eigenvalue weighted by molar-refractivity contribution is 7.98. The molecule has 4 heterocycles. The average Bonchev–Trinajstić information content (AvgIpc) is 3.96. The van der Waals surface area contributed by atoms with Gasteiger partial charge in [0.15, 0.2) is 0 Å². The summed E-state index contributed by atoms with van der Waals surface area (Å²) >= 11 is 1.40. The van der Waals surface area contributed by atoms with Crippen molar-refractivity contribution in [3.63, 3.8) is 0 Å². The number of nitrogens with zero attached hydrogens (tertiary/aromatic N) is 2. The minimum Gasteiger partial charge on any atom is -0.444 e. The molecule has 0 spiro atoms. The van der Waals surface area contributed by atoms with E-state index in [9.17, 15) is 24.0 Å². The average molecular weight is 738 g/mol. The van der Waals surface area contributed by atoms with E-state index in [0.29, 0.717) is 57.2 Å². The lowest BCUT2D eigenvalue weighted by atomic mass is 9.78. The first-order valence-corrected chi connectivity index (χ1v) is 19.7. The highest BCUT2D eigenvalue weighted by atomic mass is 32.2. The number of amides is 5. The fourth-order valence-electron chi connectivity index (χ4n) is 8.00. The normalized spacial score (nSPS) is 32.2. The molecule has 0 aromatic heterocycles. The van der Waals surface area contributed by atoms with Crippen molar-refractivity contribution >= 4 is 41.9 Å². The van der Waals surface area contributed by atoms with Crippen LogP contribution in [0, 0.1) is 5.92 Å². The third-order valence-corrected chi connectivity index (χ3v) is 12.3. The number of allylic oxidation sites excluding steroid dienone is 1. The Hall–Kier alpha value is -3.78. The van der Waals surface area contributed by atoms with Gasteiger partial charge < -0.3 is 34.6 Å². The number of hydrogen-bond acceptors (Lipinski definition) is 9. The van der Waals surface area contributed by atoms with Crippen LogP contribution in [-0.4, -0.2) is 101 Å². The first kappa shape index (κ1) is 36.6. The molecule has 0 unspecified atom stereocenters. The molecule has 0 bridgehead atoms. The Morgan fingerprint density at radius 2 is 1.85 bits per heavy atom. The van der Waals surface area contributed by atoms with Gasteiger partial charge in [-0.25, -0.2) is 9.59 Å². The molecule has 6 atom stereocenters. The fraction of sp³-hybridized carbons (Fsp3) is 0.658. The molecule has 14 heteroatoms. The molecule has 3 N–H and O–H groups in total. The van der Waals surface area contributed by atoms with Crippen molar-refractivity contribution in [1.29, 1.82) is 0 Å². The monoisotopic (exact) mass is 737 g/mol. The molecule has 7 rings (SSSR count). The Balaban J connectivity index is 1.11. The third kappa shape index (κ3) is 8.22. The zero-order valence-corrected chi connectivity index (χ0v) is 30.9. The van der Waals surface area contributed by atoms with Gasteiger partial charge in [-0.05, 0) is 61.6 Å². The predicted molar refractivity (Wildman–Crippen MR) is 193 cm³/mol. The van der Waals surface area contributed by atoms with Gasteiger partial charge in [0.05, 0.1) is 19.8 Å². The lowest BCUT2D eigenvalue weighted by Gasteiger charge is -2.39. The second-order valence-electron chi connectivity index (χ2n) is 15.8. The van der Waals surface area contributed by atoms with E-state index >= 15 is 0 Å². The lowest BCUT2D eigenvalue weighted by Crippen LogP contribution is -2.57. The molecule has 13 nitrogen and oxygen atoms in total. The fourth-order valence-corrected chi connectivity index (χ4v) is 8.83. The molecular weight excluding hydrogens is 687 g/mol. The predicted octanol–water partition coefficient (Wildman–Crippen LogP) is 4.09. The summed E-state index contributed by atoms with van der Waals surface area (Å²) < 4.78 is 19.9. The topological polar surface area (TPSA) is 156 Å². The van der Waals surface area contributed by atoms with Crippen molar-refractivity contribution in [3.8, 4) is 0 Å². The zero-order chi connectivity index (χ0) is 36.5. The van der Waals surface area contributed by atoms with E-state index in [0.717, 1.165) is 37.7 Å². The zero-order valence-electron chi connectivity index (χ0n) is 30.1. The van der Waals surface area contributed by atoms with Crippen molar-refractivity contribution in [3.05, 3.63) is 47.5 Å². The molecule has 282 valence electrons. The first-order valence-electron chi connectivity index (χ1n) is 18.9. The number of carbonyl (C=O) groups excluding carboxylic acids is 5. The summed E-state index contributed by atoms with van der Waals surface area (Å²) in [7, 11) is 0. The van der Waals surface area contributed by atoms with Gasteiger partial charge in [-0.15, -0.1) is 0 Å². The number of fused-ring (bicyclic) bond motifs is 3. The summed E-state index contributed by atoms with van der Waals surface area (Å²) in [5, 5.41) is 6.22. The smallest absolute Gasteiger partial charge is 0.410 e. The van der Waals surface area contributed by atoms with Gasteiger partial charge in [0.25, 0.3) is 5.91 Å². The van der Waals surface area contributed by atoms with Crippen LogP contribution in [0.1, 0.15) is 89.2 Å². The van der Waals surface area contributed by atoms with Crippen LogP contribution in [0.25, 0.3) is 0 Å². The molecule has 52 heavy (non-hydrogen) atoms. The van der Waals surface area contributed by atoms with E-state index in [2.05, 4.69) is 41.3 Å². The Bertz CT molecular complexity index is 1580. The molecule has 2 saturated heterocycles. The molecule has 4 aliphatic heterocycles. The van der Waals surface area contributed by atoms with Gasteiger partial charge in [0, 0.05) is 42.5 Å². The Labute approximate surface area is 309 Å². The molecule has 1 aromatic carbocycles. The largest absolute Gasteiger partial charge is 0.444 e. The summed E-state index contributed by atoms with van der Waals surface area (Å²) in [6, 6.07) is 6.07. The SMILES string of the molecule is CC1(C)CN(C(=O)O[C@@H]2C[C@H]3C(=O)N[C@]4(C(=O)NSC5CC5)C[C@H]4/C=C\CCCCC[C@H](NC(=O)O[C@H]4CCOC4)C(=O)N3C2)Cc2ccccc21. The van der Waals surface area contributed by atoms with Crippen LogP contribution in [0.5, 0.6) is 0 Å². The number of alkyl carbamates (subject to hydrolysis) is 1. The Morgan fingerprint density at radius 1 is 1.02 bits per heavy atom. The summed E-state index contributed by atoms with van der Waals surface area (Å²) in [4.78, 5) is 72.2. The first-order chi connectivity index (χ1) is 25.0. The van der Waals surface area contributed by atoms with E-state index in [1.54, 1.807) is 4.90 Å². The molecular formula is C38H51N5O8S. The summed E-state index contributed by atoms with van der Waals surface area (Å²) in [5.41, 5.74) is 0.811.